The fourth-order valence-corrected chi connectivity index (χ4v) is 3.77. The zero-order valence-electron chi connectivity index (χ0n) is 16.4. The Morgan fingerprint density at radius 1 is 1.21 bits per heavy atom. The van der Waals surface area contributed by atoms with Gasteiger partial charge in [-0.1, -0.05) is 18.2 Å². The quantitative estimate of drug-likeness (QED) is 0.641. The summed E-state index contributed by atoms with van der Waals surface area (Å²) in [7, 11) is 1.40. The third-order valence-electron chi connectivity index (χ3n) is 5.35. The highest BCUT2D eigenvalue weighted by atomic mass is 16.5. The molecule has 1 saturated heterocycles. The second-order valence-electron chi connectivity index (χ2n) is 7.21. The Kier molecular flexibility index (Phi) is 5.01. The molecule has 0 amide bonds. The lowest BCUT2D eigenvalue weighted by Crippen LogP contribution is -2.44. The van der Waals surface area contributed by atoms with Crippen molar-refractivity contribution in [1.29, 1.82) is 0 Å². The Bertz CT molecular complexity index is 1030. The van der Waals surface area contributed by atoms with E-state index in [1.54, 1.807) is 6.07 Å². The SMILES string of the molecule is COC(=O)c1ccc(C)c(-c2ccc3ccnc(N4CCOC[C@@H]4C)c3c2)c1. The van der Waals surface area contributed by atoms with Crippen molar-refractivity contribution in [2.24, 2.45) is 0 Å². The molecule has 5 nitrogen and oxygen atoms in total. The average molecular weight is 376 g/mol. The van der Waals surface area contributed by atoms with Crippen LogP contribution in [-0.4, -0.2) is 43.9 Å². The molecular formula is C23H24N2O3. The van der Waals surface area contributed by atoms with Gasteiger partial charge in [0.05, 0.1) is 31.9 Å². The van der Waals surface area contributed by atoms with Crippen molar-refractivity contribution in [3.63, 3.8) is 0 Å². The number of hydrogen-bond donors (Lipinski definition) is 0. The van der Waals surface area contributed by atoms with Crippen LogP contribution in [0.5, 0.6) is 0 Å². The molecule has 1 fully saturated rings. The van der Waals surface area contributed by atoms with E-state index in [1.807, 2.05) is 24.4 Å². The van der Waals surface area contributed by atoms with Crippen molar-refractivity contribution in [1.82, 2.24) is 4.98 Å². The molecule has 0 spiro atoms. The molecule has 0 radical (unpaired) electrons. The summed E-state index contributed by atoms with van der Waals surface area (Å²) < 4.78 is 10.5. The number of ether oxygens (including phenoxy) is 2. The molecule has 4 rings (SSSR count). The molecule has 2 heterocycles. The molecule has 28 heavy (non-hydrogen) atoms. The topological polar surface area (TPSA) is 51.7 Å². The van der Waals surface area contributed by atoms with E-state index in [4.69, 9.17) is 14.5 Å². The summed E-state index contributed by atoms with van der Waals surface area (Å²) in [6, 6.07) is 14.3. The summed E-state index contributed by atoms with van der Waals surface area (Å²) in [5, 5.41) is 2.26. The van der Waals surface area contributed by atoms with Crippen LogP contribution in [0.2, 0.25) is 0 Å². The summed E-state index contributed by atoms with van der Waals surface area (Å²) in [5.74, 6) is 0.656. The van der Waals surface area contributed by atoms with E-state index >= 15 is 0 Å². The first kappa shape index (κ1) is 18.4. The molecule has 0 saturated carbocycles. The molecular weight excluding hydrogens is 352 g/mol. The third-order valence-corrected chi connectivity index (χ3v) is 5.35. The number of morpholine rings is 1. The number of hydrogen-bond acceptors (Lipinski definition) is 5. The molecule has 1 aromatic heterocycles. The lowest BCUT2D eigenvalue weighted by Gasteiger charge is -2.35. The molecule has 1 aliphatic rings. The Morgan fingerprint density at radius 2 is 2.07 bits per heavy atom. The van der Waals surface area contributed by atoms with Gasteiger partial charge in [0.1, 0.15) is 5.82 Å². The number of fused-ring (bicyclic) bond motifs is 1. The van der Waals surface area contributed by atoms with Crippen molar-refractivity contribution in [2.45, 2.75) is 19.9 Å². The van der Waals surface area contributed by atoms with Crippen molar-refractivity contribution in [3.05, 3.63) is 59.8 Å². The summed E-state index contributed by atoms with van der Waals surface area (Å²) in [6.45, 7) is 6.46. The van der Waals surface area contributed by atoms with Gasteiger partial charge in [-0.15, -0.1) is 0 Å². The van der Waals surface area contributed by atoms with Gasteiger partial charge >= 0.3 is 5.97 Å². The van der Waals surface area contributed by atoms with Gasteiger partial charge < -0.3 is 14.4 Å². The molecule has 1 aliphatic heterocycles. The third kappa shape index (κ3) is 3.34. The van der Waals surface area contributed by atoms with E-state index < -0.39 is 0 Å². The minimum Gasteiger partial charge on any atom is -0.465 e. The first-order valence-electron chi connectivity index (χ1n) is 9.51. The van der Waals surface area contributed by atoms with Crippen LogP contribution in [0.1, 0.15) is 22.8 Å². The lowest BCUT2D eigenvalue weighted by molar-refractivity contribution is 0.0601. The number of aromatic nitrogens is 1. The van der Waals surface area contributed by atoms with Crippen molar-refractivity contribution >= 4 is 22.6 Å². The van der Waals surface area contributed by atoms with Crippen LogP contribution in [0.3, 0.4) is 0 Å². The molecule has 3 aromatic rings. The fraction of sp³-hybridized carbons (Fsp3) is 0.304. The van der Waals surface area contributed by atoms with Crippen molar-refractivity contribution < 1.29 is 14.3 Å². The number of carbonyl (C=O) groups is 1. The number of rotatable bonds is 3. The van der Waals surface area contributed by atoms with E-state index in [9.17, 15) is 4.79 Å². The van der Waals surface area contributed by atoms with Gasteiger partial charge in [0.25, 0.3) is 0 Å². The maximum atomic E-state index is 12.0. The Hall–Kier alpha value is -2.92. The van der Waals surface area contributed by atoms with Gasteiger partial charge in [-0.2, -0.15) is 0 Å². The van der Waals surface area contributed by atoms with Crippen LogP contribution >= 0.6 is 0 Å². The van der Waals surface area contributed by atoms with Crippen LogP contribution in [0.25, 0.3) is 21.9 Å². The van der Waals surface area contributed by atoms with E-state index in [0.29, 0.717) is 18.8 Å². The van der Waals surface area contributed by atoms with E-state index in [2.05, 4.69) is 36.9 Å². The van der Waals surface area contributed by atoms with E-state index in [0.717, 1.165) is 39.8 Å². The fourth-order valence-electron chi connectivity index (χ4n) is 3.77. The summed E-state index contributed by atoms with van der Waals surface area (Å²) in [4.78, 5) is 19.0. The highest BCUT2D eigenvalue weighted by Gasteiger charge is 2.22. The predicted octanol–water partition coefficient (Wildman–Crippen LogP) is 4.22. The number of benzene rings is 2. The van der Waals surface area contributed by atoms with Gasteiger partial charge in [-0.05, 0) is 60.2 Å². The standard InChI is InChI=1S/C23H24N2O3/c1-15-4-5-19(23(26)27-3)13-20(15)18-7-6-17-8-9-24-22(21(17)12-18)25-10-11-28-14-16(25)2/h4-9,12-13,16H,10-11,14H2,1-3H3/t16-/m0/s1. The van der Waals surface area contributed by atoms with Gasteiger partial charge in [-0.3, -0.25) is 0 Å². The highest BCUT2D eigenvalue weighted by Crippen LogP contribution is 2.33. The monoisotopic (exact) mass is 376 g/mol. The van der Waals surface area contributed by atoms with Gasteiger partial charge in [-0.25, -0.2) is 9.78 Å². The molecule has 0 aliphatic carbocycles. The van der Waals surface area contributed by atoms with Crippen LogP contribution in [0.15, 0.2) is 48.7 Å². The van der Waals surface area contributed by atoms with Crippen molar-refractivity contribution in [3.8, 4) is 11.1 Å². The minimum absolute atomic E-state index is 0.278. The summed E-state index contributed by atoms with van der Waals surface area (Å²) in [5.41, 5.74) is 3.74. The van der Waals surface area contributed by atoms with E-state index in [-0.39, 0.29) is 12.0 Å². The number of methoxy groups -OCH3 is 1. The minimum atomic E-state index is -0.327. The molecule has 0 N–H and O–H groups in total. The highest BCUT2D eigenvalue weighted by molar-refractivity contribution is 5.97. The Balaban J connectivity index is 1.84. The Labute approximate surface area is 164 Å². The molecule has 0 unspecified atom stereocenters. The number of pyridine rings is 1. The average Bonchev–Trinajstić information content (AvgIpc) is 2.73. The lowest BCUT2D eigenvalue weighted by atomic mass is 9.96. The van der Waals surface area contributed by atoms with Crippen LogP contribution in [0.4, 0.5) is 5.82 Å². The molecule has 1 atom stereocenters. The summed E-state index contributed by atoms with van der Waals surface area (Å²) in [6.07, 6.45) is 1.86. The number of nitrogens with zero attached hydrogens (tertiary/aromatic N) is 2. The smallest absolute Gasteiger partial charge is 0.337 e. The zero-order chi connectivity index (χ0) is 19.7. The maximum Gasteiger partial charge on any atom is 0.337 e. The largest absolute Gasteiger partial charge is 0.465 e. The summed E-state index contributed by atoms with van der Waals surface area (Å²) >= 11 is 0. The van der Waals surface area contributed by atoms with Crippen LogP contribution in [0, 0.1) is 6.92 Å². The first-order valence-corrected chi connectivity index (χ1v) is 9.51. The molecule has 0 bridgehead atoms. The van der Waals surface area contributed by atoms with Gasteiger partial charge in [0.15, 0.2) is 0 Å². The predicted molar refractivity (Wildman–Crippen MR) is 111 cm³/mol. The second-order valence-corrected chi connectivity index (χ2v) is 7.21. The first-order chi connectivity index (χ1) is 13.6. The number of anilines is 1. The van der Waals surface area contributed by atoms with Crippen LogP contribution < -0.4 is 4.90 Å². The molecule has 5 heteroatoms. The Morgan fingerprint density at radius 3 is 2.86 bits per heavy atom. The maximum absolute atomic E-state index is 12.0. The number of aryl methyl sites for hydroxylation is 1. The van der Waals surface area contributed by atoms with E-state index in [1.165, 1.54) is 7.11 Å². The molecule has 144 valence electrons. The second kappa shape index (κ2) is 7.60. The number of esters is 1. The number of carbonyl (C=O) groups excluding carboxylic acids is 1. The molecule has 2 aromatic carbocycles. The normalized spacial score (nSPS) is 17.0. The zero-order valence-corrected chi connectivity index (χ0v) is 16.4. The van der Waals surface area contributed by atoms with Crippen LogP contribution in [-0.2, 0) is 9.47 Å². The van der Waals surface area contributed by atoms with Gasteiger partial charge in [0, 0.05) is 18.1 Å². The van der Waals surface area contributed by atoms with Crippen molar-refractivity contribution in [2.75, 3.05) is 31.8 Å². The van der Waals surface area contributed by atoms with Gasteiger partial charge in [0.2, 0.25) is 0 Å².